The molecule has 5 N–H and O–H groups in total. The number of benzene rings is 2. The number of carbonyl (C=O) groups is 1. The van der Waals surface area contributed by atoms with Gasteiger partial charge in [-0.3, -0.25) is 5.32 Å². The van der Waals surface area contributed by atoms with Gasteiger partial charge in [-0.1, -0.05) is 30.3 Å². The first-order valence-corrected chi connectivity index (χ1v) is 7.53. The van der Waals surface area contributed by atoms with E-state index in [1.807, 2.05) is 49.4 Å². The monoisotopic (exact) mass is 309 g/mol. The van der Waals surface area contributed by atoms with Crippen molar-refractivity contribution >= 4 is 23.0 Å². The Kier molecular flexibility index (Phi) is 4.25. The Balaban J connectivity index is 1.87. The molecule has 0 fully saturated rings. The quantitative estimate of drug-likeness (QED) is 0.596. The summed E-state index contributed by atoms with van der Waals surface area (Å²) in [5.74, 6) is 0.432. The topological polar surface area (TPSA) is 95.8 Å². The maximum Gasteiger partial charge on any atom is 0.321 e. The predicted molar refractivity (Wildman–Crippen MR) is 92.1 cm³/mol. The second-order valence-electron chi connectivity index (χ2n) is 5.20. The van der Waals surface area contributed by atoms with E-state index in [0.717, 1.165) is 27.7 Å². The fraction of sp³-hybridized carbons (Fsp3) is 0.176. The van der Waals surface area contributed by atoms with Gasteiger partial charge < -0.3 is 16.0 Å². The number of urea groups is 1. The Bertz CT molecular complexity index is 823. The third kappa shape index (κ3) is 3.32. The summed E-state index contributed by atoms with van der Waals surface area (Å²) in [5, 5.41) is 5.34. The largest absolute Gasteiger partial charge is 0.338 e. The van der Waals surface area contributed by atoms with E-state index >= 15 is 0 Å². The Morgan fingerprint density at radius 2 is 1.91 bits per heavy atom. The molecule has 6 heteroatoms. The molecule has 1 heterocycles. The molecule has 1 aromatic heterocycles. The first-order valence-electron chi connectivity index (χ1n) is 7.53. The lowest BCUT2D eigenvalue weighted by Gasteiger charge is -2.03. The number of carbonyl (C=O) groups excluding carboxylic acids is 1. The highest BCUT2D eigenvalue weighted by atomic mass is 16.2. The molecule has 3 rings (SSSR count). The molecule has 0 saturated carbocycles. The van der Waals surface area contributed by atoms with Crippen LogP contribution in [-0.4, -0.2) is 22.5 Å². The molecule has 0 saturated heterocycles. The van der Waals surface area contributed by atoms with E-state index in [-0.39, 0.29) is 6.03 Å². The molecular formula is C17H19N5O. The highest BCUT2D eigenvalue weighted by Gasteiger charge is 2.07. The number of imidazole rings is 1. The molecule has 0 radical (unpaired) electrons. The molecule has 23 heavy (non-hydrogen) atoms. The number of anilines is 1. The van der Waals surface area contributed by atoms with Gasteiger partial charge in [-0.2, -0.15) is 0 Å². The van der Waals surface area contributed by atoms with Crippen LogP contribution in [0.5, 0.6) is 0 Å². The Morgan fingerprint density at radius 1 is 1.17 bits per heavy atom. The highest BCUT2D eigenvalue weighted by Crippen LogP contribution is 2.24. The van der Waals surface area contributed by atoms with Crippen molar-refractivity contribution in [3.8, 4) is 11.1 Å². The van der Waals surface area contributed by atoms with Crippen molar-refractivity contribution in [1.82, 2.24) is 15.3 Å². The summed E-state index contributed by atoms with van der Waals surface area (Å²) in [4.78, 5) is 19.0. The van der Waals surface area contributed by atoms with E-state index in [4.69, 9.17) is 5.73 Å². The maximum absolute atomic E-state index is 11.5. The molecule has 2 aromatic carbocycles. The van der Waals surface area contributed by atoms with Crippen molar-refractivity contribution in [2.45, 2.75) is 13.5 Å². The Morgan fingerprint density at radius 3 is 2.61 bits per heavy atom. The summed E-state index contributed by atoms with van der Waals surface area (Å²) in [5.41, 5.74) is 10.6. The van der Waals surface area contributed by atoms with E-state index in [0.29, 0.717) is 19.0 Å². The number of amides is 2. The van der Waals surface area contributed by atoms with Crippen LogP contribution in [0.25, 0.3) is 22.2 Å². The van der Waals surface area contributed by atoms with Gasteiger partial charge in [0.1, 0.15) is 0 Å². The van der Waals surface area contributed by atoms with Crippen LogP contribution in [0.15, 0.2) is 42.5 Å². The number of aromatic nitrogens is 2. The summed E-state index contributed by atoms with van der Waals surface area (Å²) < 4.78 is 0. The molecule has 6 nitrogen and oxygen atoms in total. The van der Waals surface area contributed by atoms with E-state index in [9.17, 15) is 4.79 Å². The van der Waals surface area contributed by atoms with Crippen LogP contribution in [0.3, 0.4) is 0 Å². The fourth-order valence-electron chi connectivity index (χ4n) is 2.39. The van der Waals surface area contributed by atoms with Gasteiger partial charge in [0, 0.05) is 13.1 Å². The highest BCUT2D eigenvalue weighted by molar-refractivity contribution is 5.90. The molecule has 0 unspecified atom stereocenters. The number of rotatable bonds is 4. The summed E-state index contributed by atoms with van der Waals surface area (Å²) in [6.07, 6.45) is 0. The Labute approximate surface area is 134 Å². The van der Waals surface area contributed by atoms with Crippen molar-refractivity contribution in [3.63, 3.8) is 0 Å². The fourth-order valence-corrected chi connectivity index (χ4v) is 2.39. The molecule has 0 bridgehead atoms. The van der Waals surface area contributed by atoms with Gasteiger partial charge >= 0.3 is 6.03 Å². The summed E-state index contributed by atoms with van der Waals surface area (Å²) in [7, 11) is 0. The molecule has 3 aromatic rings. The normalized spacial score (nSPS) is 10.7. The zero-order chi connectivity index (χ0) is 16.2. The summed E-state index contributed by atoms with van der Waals surface area (Å²) in [6.45, 7) is 2.96. The molecule has 0 spiro atoms. The summed E-state index contributed by atoms with van der Waals surface area (Å²) >= 11 is 0. The van der Waals surface area contributed by atoms with E-state index in [1.54, 1.807) is 0 Å². The number of hydrogen-bond acceptors (Lipinski definition) is 3. The van der Waals surface area contributed by atoms with E-state index in [2.05, 4.69) is 20.6 Å². The molecule has 0 aliphatic heterocycles. The van der Waals surface area contributed by atoms with Crippen LogP contribution in [0.4, 0.5) is 10.7 Å². The van der Waals surface area contributed by atoms with Crippen molar-refractivity contribution in [1.29, 1.82) is 0 Å². The van der Waals surface area contributed by atoms with Crippen molar-refractivity contribution in [3.05, 3.63) is 48.0 Å². The van der Waals surface area contributed by atoms with E-state index < -0.39 is 0 Å². The average molecular weight is 309 g/mol. The van der Waals surface area contributed by atoms with Gasteiger partial charge in [0.2, 0.25) is 5.95 Å². The predicted octanol–water partition coefficient (Wildman–Crippen LogP) is 2.83. The third-order valence-corrected chi connectivity index (χ3v) is 3.58. The number of nitrogens with two attached hydrogens (primary N) is 1. The van der Waals surface area contributed by atoms with Gasteiger partial charge in [-0.15, -0.1) is 0 Å². The number of aromatic amines is 1. The first kappa shape index (κ1) is 15.1. The van der Waals surface area contributed by atoms with Gasteiger partial charge in [-0.05, 0) is 35.7 Å². The second-order valence-corrected chi connectivity index (χ2v) is 5.20. The lowest BCUT2D eigenvalue weighted by atomic mass is 10.0. The van der Waals surface area contributed by atoms with Crippen LogP contribution in [0, 0.1) is 0 Å². The average Bonchev–Trinajstić information content (AvgIpc) is 2.96. The molecule has 0 aliphatic carbocycles. The van der Waals surface area contributed by atoms with Gasteiger partial charge in [0.25, 0.3) is 0 Å². The number of nitrogens with zero attached hydrogens (tertiary/aromatic N) is 1. The number of fused-ring (bicyclic) bond motifs is 1. The number of hydrogen-bond donors (Lipinski definition) is 4. The van der Waals surface area contributed by atoms with Crippen LogP contribution >= 0.6 is 0 Å². The van der Waals surface area contributed by atoms with Crippen LogP contribution in [-0.2, 0) is 6.54 Å². The van der Waals surface area contributed by atoms with E-state index in [1.165, 1.54) is 0 Å². The zero-order valence-corrected chi connectivity index (χ0v) is 12.9. The summed E-state index contributed by atoms with van der Waals surface area (Å²) in [6, 6.07) is 13.8. The van der Waals surface area contributed by atoms with Crippen LogP contribution in [0.2, 0.25) is 0 Å². The van der Waals surface area contributed by atoms with Crippen LogP contribution in [0.1, 0.15) is 12.5 Å². The molecule has 0 atom stereocenters. The molecule has 118 valence electrons. The standard InChI is InChI=1S/C17H19N5O/c1-2-19-17(23)22-16-20-14-8-7-13(9-15(14)21-16)12-5-3-11(10-18)4-6-12/h3-9H,2,10,18H2,1H3,(H3,19,20,21,22,23). The number of H-pyrrole nitrogens is 1. The maximum atomic E-state index is 11.5. The van der Waals surface area contributed by atoms with Crippen molar-refractivity contribution < 1.29 is 4.79 Å². The third-order valence-electron chi connectivity index (χ3n) is 3.58. The number of nitrogens with one attached hydrogen (secondary N) is 3. The molecule has 0 aliphatic rings. The molecular weight excluding hydrogens is 290 g/mol. The molecule has 2 amide bonds. The smallest absolute Gasteiger partial charge is 0.321 e. The minimum absolute atomic E-state index is 0.274. The van der Waals surface area contributed by atoms with Gasteiger partial charge in [-0.25, -0.2) is 9.78 Å². The van der Waals surface area contributed by atoms with Gasteiger partial charge in [0.15, 0.2) is 0 Å². The Hall–Kier alpha value is -2.86. The lowest BCUT2D eigenvalue weighted by molar-refractivity contribution is 0.252. The lowest BCUT2D eigenvalue weighted by Crippen LogP contribution is -2.28. The minimum atomic E-state index is -0.274. The van der Waals surface area contributed by atoms with Crippen molar-refractivity contribution in [2.24, 2.45) is 5.73 Å². The zero-order valence-electron chi connectivity index (χ0n) is 12.9. The van der Waals surface area contributed by atoms with Gasteiger partial charge in [0.05, 0.1) is 11.0 Å². The SMILES string of the molecule is CCNC(=O)Nc1nc2cc(-c3ccc(CN)cc3)ccc2[nH]1. The first-order chi connectivity index (χ1) is 11.2. The van der Waals surface area contributed by atoms with Crippen LogP contribution < -0.4 is 16.4 Å². The minimum Gasteiger partial charge on any atom is -0.338 e. The second kappa shape index (κ2) is 6.50. The van der Waals surface area contributed by atoms with Crippen molar-refractivity contribution in [2.75, 3.05) is 11.9 Å².